The van der Waals surface area contributed by atoms with Crippen molar-refractivity contribution in [2.45, 2.75) is 85.1 Å². The molecule has 8 heterocycles. The number of fused-ring (bicyclic) bond motifs is 4. The molecule has 2 aliphatic rings. The summed E-state index contributed by atoms with van der Waals surface area (Å²) in [6.45, 7) is 16.5. The van der Waals surface area contributed by atoms with Gasteiger partial charge in [-0.25, -0.2) is 19.6 Å². The Kier molecular flexibility index (Phi) is 10.2. The average molecular weight is 791 g/mol. The Balaban J connectivity index is 0.000000153. The number of nitrogens with zero attached hydrogens (tertiary/aromatic N) is 7. The molecule has 2 aromatic carbocycles. The van der Waals surface area contributed by atoms with Crippen LogP contribution in [0.1, 0.15) is 85.3 Å². The molecule has 0 spiro atoms. The zero-order valence-electron chi connectivity index (χ0n) is 34.6. The van der Waals surface area contributed by atoms with E-state index in [9.17, 15) is 9.59 Å². The molecule has 2 fully saturated rings. The summed E-state index contributed by atoms with van der Waals surface area (Å²) in [6, 6.07) is 16.9. The van der Waals surface area contributed by atoms with E-state index in [-0.39, 0.29) is 11.3 Å². The highest BCUT2D eigenvalue weighted by Gasteiger charge is 2.23. The summed E-state index contributed by atoms with van der Waals surface area (Å²) in [4.78, 5) is 46.2. The molecule has 12 nitrogen and oxygen atoms in total. The van der Waals surface area contributed by atoms with Crippen LogP contribution in [0.5, 0.6) is 0 Å². The smallest absolute Gasteiger partial charge is 0.345 e. The van der Waals surface area contributed by atoms with Crippen molar-refractivity contribution < 1.29 is 8.83 Å². The third-order valence-electron chi connectivity index (χ3n) is 12.1. The largest absolute Gasteiger partial charge is 0.422 e. The molecule has 6 aromatic heterocycles. The van der Waals surface area contributed by atoms with Crippen molar-refractivity contribution in [1.82, 2.24) is 39.0 Å². The Hall–Kier alpha value is -5.98. The van der Waals surface area contributed by atoms with Gasteiger partial charge in [0.1, 0.15) is 11.2 Å². The summed E-state index contributed by atoms with van der Waals surface area (Å²) in [5.74, 6) is 1.04. The van der Waals surface area contributed by atoms with E-state index in [4.69, 9.17) is 8.83 Å². The van der Waals surface area contributed by atoms with Crippen molar-refractivity contribution in [2.24, 2.45) is 0 Å². The molecule has 8 aromatic rings. The number of nitrogens with one attached hydrogen (secondary N) is 1. The molecular formula is C47H50N8O4. The maximum absolute atomic E-state index is 12.8. The van der Waals surface area contributed by atoms with Gasteiger partial charge < -0.3 is 27.9 Å². The molecule has 302 valence electrons. The van der Waals surface area contributed by atoms with E-state index in [0.717, 1.165) is 96.7 Å². The molecule has 0 unspecified atom stereocenters. The molecule has 2 saturated heterocycles. The second kappa shape index (κ2) is 15.6. The van der Waals surface area contributed by atoms with Gasteiger partial charge in [-0.2, -0.15) is 0 Å². The first kappa shape index (κ1) is 38.5. The number of aryl methyl sites for hydroxylation is 4. The summed E-state index contributed by atoms with van der Waals surface area (Å²) in [6.07, 6.45) is 12.1. The third-order valence-corrected chi connectivity index (χ3v) is 12.1. The summed E-state index contributed by atoms with van der Waals surface area (Å²) >= 11 is 0. The highest BCUT2D eigenvalue weighted by molar-refractivity contribution is 5.83. The van der Waals surface area contributed by atoms with Crippen LogP contribution in [0.15, 0.2) is 91.7 Å². The maximum Gasteiger partial charge on any atom is 0.345 e. The Morgan fingerprint density at radius 2 is 1.07 bits per heavy atom. The van der Waals surface area contributed by atoms with Crippen LogP contribution >= 0.6 is 0 Å². The lowest BCUT2D eigenvalue weighted by atomic mass is 9.88. The van der Waals surface area contributed by atoms with Gasteiger partial charge in [0.25, 0.3) is 0 Å². The fourth-order valence-electron chi connectivity index (χ4n) is 8.89. The monoisotopic (exact) mass is 790 g/mol. The van der Waals surface area contributed by atoms with Crippen molar-refractivity contribution in [3.05, 3.63) is 128 Å². The molecule has 10 rings (SSSR count). The first-order valence-electron chi connectivity index (χ1n) is 20.7. The van der Waals surface area contributed by atoms with E-state index < -0.39 is 0 Å². The molecule has 1 N–H and O–H groups in total. The highest BCUT2D eigenvalue weighted by Crippen LogP contribution is 2.32. The van der Waals surface area contributed by atoms with Gasteiger partial charge in [0.05, 0.1) is 45.3 Å². The number of aromatic nitrogens is 6. The molecular weight excluding hydrogens is 741 g/mol. The van der Waals surface area contributed by atoms with Crippen LogP contribution in [0.3, 0.4) is 0 Å². The summed E-state index contributed by atoms with van der Waals surface area (Å²) in [5.41, 5.74) is 10.2. The van der Waals surface area contributed by atoms with E-state index in [1.165, 1.54) is 11.1 Å². The third kappa shape index (κ3) is 7.70. The minimum absolute atomic E-state index is 0.356. The SMILES string of the molecule is Cc1cn2cc(-c3cc4ccc(C5CCN(C(C)C)CC5)cc4oc3=O)nc2c(C)n1.Cc1cn2cc(-c3cc4ccc(C5CCNCC5)cc4oc3=O)nc2c(C)n1. The summed E-state index contributed by atoms with van der Waals surface area (Å²) in [5, 5.41) is 5.22. The van der Waals surface area contributed by atoms with Gasteiger partial charge in [-0.05, 0) is 141 Å². The second-order valence-electron chi connectivity index (χ2n) is 16.6. The quantitative estimate of drug-likeness (QED) is 0.170. The molecule has 0 aliphatic carbocycles. The Morgan fingerprint density at radius 1 is 0.610 bits per heavy atom. The Morgan fingerprint density at radius 3 is 1.53 bits per heavy atom. The molecule has 2 aliphatic heterocycles. The predicted octanol–water partition coefficient (Wildman–Crippen LogP) is 8.29. The van der Waals surface area contributed by atoms with Crippen LogP contribution in [0.2, 0.25) is 0 Å². The molecule has 59 heavy (non-hydrogen) atoms. The lowest BCUT2D eigenvalue weighted by molar-refractivity contribution is 0.172. The van der Waals surface area contributed by atoms with Crippen LogP contribution in [0.4, 0.5) is 0 Å². The summed E-state index contributed by atoms with van der Waals surface area (Å²) < 4.78 is 15.3. The second-order valence-corrected chi connectivity index (χ2v) is 16.6. The maximum atomic E-state index is 12.8. The van der Waals surface area contributed by atoms with Crippen LogP contribution in [0, 0.1) is 27.7 Å². The minimum atomic E-state index is -0.360. The fourth-order valence-corrected chi connectivity index (χ4v) is 8.89. The lowest BCUT2D eigenvalue weighted by Gasteiger charge is -2.34. The van der Waals surface area contributed by atoms with Crippen molar-refractivity contribution in [2.75, 3.05) is 26.2 Å². The first-order chi connectivity index (χ1) is 28.5. The van der Waals surface area contributed by atoms with Crippen LogP contribution in [-0.4, -0.2) is 65.9 Å². The van der Waals surface area contributed by atoms with E-state index in [1.54, 1.807) is 0 Å². The Bertz CT molecular complexity index is 2980. The molecule has 0 amide bonds. The number of rotatable bonds is 5. The van der Waals surface area contributed by atoms with Crippen molar-refractivity contribution >= 4 is 33.2 Å². The van der Waals surface area contributed by atoms with Gasteiger partial charge in [0.2, 0.25) is 0 Å². The van der Waals surface area contributed by atoms with Gasteiger partial charge >= 0.3 is 11.3 Å². The predicted molar refractivity (Wildman–Crippen MR) is 231 cm³/mol. The van der Waals surface area contributed by atoms with Gasteiger partial charge in [-0.3, -0.25) is 9.97 Å². The van der Waals surface area contributed by atoms with Crippen molar-refractivity contribution in [1.29, 1.82) is 0 Å². The van der Waals surface area contributed by atoms with Gasteiger partial charge in [0, 0.05) is 41.6 Å². The fraction of sp³-hybridized carbons (Fsp3) is 0.362. The lowest BCUT2D eigenvalue weighted by Crippen LogP contribution is -2.37. The van der Waals surface area contributed by atoms with E-state index in [2.05, 4.69) is 68.3 Å². The summed E-state index contributed by atoms with van der Waals surface area (Å²) in [7, 11) is 0. The number of hydrogen-bond acceptors (Lipinski definition) is 10. The highest BCUT2D eigenvalue weighted by atomic mass is 16.4. The van der Waals surface area contributed by atoms with Crippen LogP contribution < -0.4 is 16.6 Å². The number of hydrogen-bond donors (Lipinski definition) is 1. The van der Waals surface area contributed by atoms with Gasteiger partial charge in [-0.15, -0.1) is 0 Å². The van der Waals surface area contributed by atoms with Gasteiger partial charge in [-0.1, -0.05) is 24.3 Å². The molecule has 0 bridgehead atoms. The molecule has 0 atom stereocenters. The molecule has 0 radical (unpaired) electrons. The number of likely N-dealkylation sites (tertiary alicyclic amines) is 1. The zero-order valence-corrected chi connectivity index (χ0v) is 34.6. The normalized spacial score (nSPS) is 15.8. The van der Waals surface area contributed by atoms with Crippen LogP contribution in [0.25, 0.3) is 55.7 Å². The van der Waals surface area contributed by atoms with E-state index in [0.29, 0.717) is 51.6 Å². The van der Waals surface area contributed by atoms with E-state index in [1.807, 2.05) is 85.5 Å². The number of imidazole rings is 2. The minimum Gasteiger partial charge on any atom is -0.422 e. The molecule has 12 heteroatoms. The first-order valence-corrected chi connectivity index (χ1v) is 20.7. The zero-order chi connectivity index (χ0) is 40.9. The Labute approximate surface area is 342 Å². The van der Waals surface area contributed by atoms with Crippen molar-refractivity contribution in [3.8, 4) is 22.5 Å². The average Bonchev–Trinajstić information content (AvgIpc) is 3.86. The number of piperidine rings is 2. The van der Waals surface area contributed by atoms with Crippen LogP contribution in [-0.2, 0) is 0 Å². The van der Waals surface area contributed by atoms with Gasteiger partial charge in [0.15, 0.2) is 11.3 Å². The molecule has 0 saturated carbocycles. The standard InChI is InChI=1S/C25H28N4O2.C22H22N4O2/c1-15(2)28-9-7-18(8-10-28)19-5-6-20-11-21(25(30)31-23(20)12-19)22-14-29-13-16(3)26-17(4)24(29)27-22;1-13-11-26-12-19(25-21(26)14(2)24-13)18-9-17-4-3-16(10-20(17)28-22(18)27)15-5-7-23-8-6-15/h5-6,11-15,18H,7-10H2,1-4H3;3-4,9-12,15,23H,5-8H2,1-2H3. The van der Waals surface area contributed by atoms with Crippen molar-refractivity contribution in [3.63, 3.8) is 0 Å². The van der Waals surface area contributed by atoms with E-state index >= 15 is 0 Å². The number of benzene rings is 2. The topological polar surface area (TPSA) is 136 Å².